The highest BCUT2D eigenvalue weighted by atomic mass is 16.3. The maximum absolute atomic E-state index is 10.4. The molecule has 0 aromatic carbocycles. The molecule has 2 nitrogen and oxygen atoms in total. The van der Waals surface area contributed by atoms with Gasteiger partial charge < -0.3 is 5.11 Å². The first-order valence-corrected chi connectivity index (χ1v) is 8.75. The van der Waals surface area contributed by atoms with Gasteiger partial charge in [-0.1, -0.05) is 38.5 Å². The molecule has 1 heterocycles. The first kappa shape index (κ1) is 13.9. The van der Waals surface area contributed by atoms with Crippen LogP contribution in [0.5, 0.6) is 0 Å². The summed E-state index contributed by atoms with van der Waals surface area (Å²) in [4.78, 5) is 2.63. The van der Waals surface area contributed by atoms with Gasteiger partial charge in [-0.2, -0.15) is 0 Å². The minimum absolute atomic E-state index is 0.0647. The van der Waals surface area contributed by atoms with Crippen LogP contribution in [0, 0.1) is 11.8 Å². The SMILES string of the molecule is OC(CC1CCCC1)CN1CCCC1C1CCCC1. The van der Waals surface area contributed by atoms with Gasteiger partial charge in [-0.15, -0.1) is 0 Å². The van der Waals surface area contributed by atoms with Gasteiger partial charge in [0.15, 0.2) is 0 Å². The van der Waals surface area contributed by atoms with Gasteiger partial charge in [-0.25, -0.2) is 0 Å². The molecule has 0 spiro atoms. The van der Waals surface area contributed by atoms with E-state index in [0.29, 0.717) is 0 Å². The van der Waals surface area contributed by atoms with E-state index in [9.17, 15) is 5.11 Å². The maximum Gasteiger partial charge on any atom is 0.0669 e. The molecule has 3 rings (SSSR count). The lowest BCUT2D eigenvalue weighted by molar-refractivity contribution is 0.0729. The largest absolute Gasteiger partial charge is 0.392 e. The number of likely N-dealkylation sites (tertiary alicyclic amines) is 1. The van der Waals surface area contributed by atoms with Gasteiger partial charge in [0, 0.05) is 12.6 Å². The highest BCUT2D eigenvalue weighted by molar-refractivity contribution is 4.88. The van der Waals surface area contributed by atoms with Crippen molar-refractivity contribution in [2.45, 2.75) is 82.8 Å². The van der Waals surface area contributed by atoms with Crippen molar-refractivity contribution in [3.05, 3.63) is 0 Å². The molecule has 2 aliphatic carbocycles. The molecule has 2 unspecified atom stereocenters. The number of nitrogens with zero attached hydrogens (tertiary/aromatic N) is 1. The molecule has 1 N–H and O–H groups in total. The molecule has 0 aromatic heterocycles. The summed E-state index contributed by atoms with van der Waals surface area (Å²) in [5.74, 6) is 1.77. The van der Waals surface area contributed by atoms with Crippen LogP contribution in [0.25, 0.3) is 0 Å². The summed E-state index contributed by atoms with van der Waals surface area (Å²) in [6.07, 6.45) is 15.0. The van der Waals surface area contributed by atoms with Crippen LogP contribution >= 0.6 is 0 Å². The van der Waals surface area contributed by atoms with E-state index < -0.39 is 0 Å². The Balaban J connectivity index is 1.47. The van der Waals surface area contributed by atoms with Gasteiger partial charge in [0.05, 0.1) is 6.10 Å². The van der Waals surface area contributed by atoms with Crippen molar-refractivity contribution < 1.29 is 5.11 Å². The standard InChI is InChI=1S/C17H31NO/c19-16(12-14-6-1-2-7-14)13-18-11-5-10-17(18)15-8-3-4-9-15/h14-17,19H,1-13H2. The second-order valence-corrected chi connectivity index (χ2v) is 7.29. The molecule has 1 aliphatic heterocycles. The molecule has 19 heavy (non-hydrogen) atoms. The Morgan fingerprint density at radius 1 is 0.895 bits per heavy atom. The van der Waals surface area contributed by atoms with Crippen molar-refractivity contribution in [2.24, 2.45) is 11.8 Å². The van der Waals surface area contributed by atoms with Crippen molar-refractivity contribution in [2.75, 3.05) is 13.1 Å². The van der Waals surface area contributed by atoms with Crippen molar-refractivity contribution in [3.63, 3.8) is 0 Å². The molecule has 2 atom stereocenters. The molecule has 3 aliphatic rings. The first-order valence-electron chi connectivity index (χ1n) is 8.75. The molecule has 0 aromatic rings. The van der Waals surface area contributed by atoms with Crippen molar-refractivity contribution in [1.82, 2.24) is 4.90 Å². The first-order chi connectivity index (χ1) is 9.33. The van der Waals surface area contributed by atoms with Crippen LogP contribution in [-0.2, 0) is 0 Å². The fourth-order valence-corrected chi connectivity index (χ4v) is 4.93. The van der Waals surface area contributed by atoms with E-state index in [1.165, 1.54) is 70.8 Å². The summed E-state index contributed by atoms with van der Waals surface area (Å²) >= 11 is 0. The fraction of sp³-hybridized carbons (Fsp3) is 1.00. The molecule has 110 valence electrons. The Morgan fingerprint density at radius 3 is 2.32 bits per heavy atom. The van der Waals surface area contributed by atoms with Crippen molar-refractivity contribution in [3.8, 4) is 0 Å². The van der Waals surface area contributed by atoms with E-state index in [0.717, 1.165) is 30.8 Å². The average molecular weight is 265 g/mol. The summed E-state index contributed by atoms with van der Waals surface area (Å²) in [5.41, 5.74) is 0. The van der Waals surface area contributed by atoms with E-state index >= 15 is 0 Å². The van der Waals surface area contributed by atoms with E-state index in [1.54, 1.807) is 0 Å². The number of β-amino-alcohol motifs (C(OH)–C–C–N with tert-alkyl or cyclic N) is 1. The average Bonchev–Trinajstić information content (AvgIpc) is 3.09. The number of aliphatic hydroxyl groups is 1. The monoisotopic (exact) mass is 265 g/mol. The Morgan fingerprint density at radius 2 is 1.58 bits per heavy atom. The Hall–Kier alpha value is -0.0800. The lowest BCUT2D eigenvalue weighted by Crippen LogP contribution is -2.40. The molecule has 0 bridgehead atoms. The van der Waals surface area contributed by atoms with Gasteiger partial charge in [0.2, 0.25) is 0 Å². The summed E-state index contributed by atoms with van der Waals surface area (Å²) in [6.45, 7) is 2.20. The van der Waals surface area contributed by atoms with Crippen LogP contribution in [0.1, 0.15) is 70.6 Å². The zero-order valence-corrected chi connectivity index (χ0v) is 12.4. The molecule has 2 saturated carbocycles. The molecular formula is C17H31NO. The number of rotatable bonds is 5. The fourth-order valence-electron chi connectivity index (χ4n) is 4.93. The predicted octanol–water partition coefficient (Wildman–Crippen LogP) is 3.58. The van der Waals surface area contributed by atoms with Crippen LogP contribution < -0.4 is 0 Å². The Labute approximate surface area is 118 Å². The Kier molecular flexibility index (Phi) is 4.81. The number of aliphatic hydroxyl groups excluding tert-OH is 1. The third kappa shape index (κ3) is 3.52. The quantitative estimate of drug-likeness (QED) is 0.821. The van der Waals surface area contributed by atoms with Crippen LogP contribution in [-0.4, -0.2) is 35.2 Å². The van der Waals surface area contributed by atoms with Gasteiger partial charge in [0.25, 0.3) is 0 Å². The second kappa shape index (κ2) is 6.58. The van der Waals surface area contributed by atoms with Crippen LogP contribution in [0.15, 0.2) is 0 Å². The third-order valence-corrected chi connectivity index (χ3v) is 5.88. The number of hydrogen-bond acceptors (Lipinski definition) is 2. The van der Waals surface area contributed by atoms with Crippen molar-refractivity contribution >= 4 is 0 Å². The molecule has 1 saturated heterocycles. The normalized spacial score (nSPS) is 32.4. The van der Waals surface area contributed by atoms with Gasteiger partial charge in [0.1, 0.15) is 0 Å². The lowest BCUT2D eigenvalue weighted by Gasteiger charge is -2.31. The third-order valence-electron chi connectivity index (χ3n) is 5.88. The summed E-state index contributed by atoms with van der Waals surface area (Å²) in [6, 6.07) is 0.806. The Bertz CT molecular complexity index is 268. The van der Waals surface area contributed by atoms with E-state index in [1.807, 2.05) is 0 Å². The minimum atomic E-state index is -0.0647. The molecule has 2 heteroatoms. The zero-order chi connectivity index (χ0) is 13.1. The smallest absolute Gasteiger partial charge is 0.0669 e. The molecule has 0 radical (unpaired) electrons. The predicted molar refractivity (Wildman–Crippen MR) is 79.1 cm³/mol. The van der Waals surface area contributed by atoms with Crippen molar-refractivity contribution in [1.29, 1.82) is 0 Å². The highest BCUT2D eigenvalue weighted by Gasteiger charge is 2.34. The van der Waals surface area contributed by atoms with Crippen LogP contribution in [0.3, 0.4) is 0 Å². The van der Waals surface area contributed by atoms with E-state index in [2.05, 4.69) is 4.90 Å². The van der Waals surface area contributed by atoms with Crippen LogP contribution in [0.2, 0.25) is 0 Å². The second-order valence-electron chi connectivity index (χ2n) is 7.29. The molecular weight excluding hydrogens is 234 g/mol. The van der Waals surface area contributed by atoms with Gasteiger partial charge in [-0.05, 0) is 50.5 Å². The summed E-state index contributed by atoms with van der Waals surface area (Å²) in [5, 5.41) is 10.4. The maximum atomic E-state index is 10.4. The van der Waals surface area contributed by atoms with Gasteiger partial charge in [-0.3, -0.25) is 4.90 Å². The zero-order valence-electron chi connectivity index (χ0n) is 12.4. The van der Waals surface area contributed by atoms with Crippen LogP contribution in [0.4, 0.5) is 0 Å². The summed E-state index contributed by atoms with van der Waals surface area (Å²) < 4.78 is 0. The molecule has 3 fully saturated rings. The van der Waals surface area contributed by atoms with E-state index in [4.69, 9.17) is 0 Å². The summed E-state index contributed by atoms with van der Waals surface area (Å²) in [7, 11) is 0. The topological polar surface area (TPSA) is 23.5 Å². The number of hydrogen-bond donors (Lipinski definition) is 1. The highest BCUT2D eigenvalue weighted by Crippen LogP contribution is 2.36. The minimum Gasteiger partial charge on any atom is -0.392 e. The lowest BCUT2D eigenvalue weighted by atomic mass is 9.95. The molecule has 0 amide bonds. The van der Waals surface area contributed by atoms with Gasteiger partial charge >= 0.3 is 0 Å². The van der Waals surface area contributed by atoms with E-state index in [-0.39, 0.29) is 6.10 Å².